The van der Waals surface area contributed by atoms with Gasteiger partial charge in [-0.05, 0) is 0 Å². The third-order valence-electron chi connectivity index (χ3n) is 0.985. The Morgan fingerprint density at radius 3 is 2.71 bits per heavy atom. The van der Waals surface area contributed by atoms with Gasteiger partial charge in [0, 0.05) is 7.05 Å². The molecule has 1 heterocycles. The summed E-state index contributed by atoms with van der Waals surface area (Å²) >= 11 is 0. The topological polar surface area (TPSA) is 34.4 Å². The average molecular weight is 99.1 g/mol. The molecular formula is C4H7N2O. The summed E-state index contributed by atoms with van der Waals surface area (Å²) in [5.41, 5.74) is 0. The molecule has 0 atom stereocenters. The molecule has 0 aromatic carbocycles. The number of nitrogens with zero attached hydrogens (tertiary/aromatic N) is 2. The van der Waals surface area contributed by atoms with Crippen LogP contribution < -0.4 is 5.32 Å². The highest BCUT2D eigenvalue weighted by atomic mass is 16.2. The van der Waals surface area contributed by atoms with E-state index >= 15 is 0 Å². The predicted molar refractivity (Wildman–Crippen MR) is 24.6 cm³/mol. The molecule has 0 aromatic rings. The van der Waals surface area contributed by atoms with E-state index in [-0.39, 0.29) is 5.91 Å². The molecule has 0 bridgehead atoms. The predicted octanol–water partition coefficient (Wildman–Crippen LogP) is -0.980. The average Bonchev–Trinajstić information content (AvgIpc) is 1.91. The SMILES string of the molecule is CN1C[N]CC1=O. The molecule has 0 spiro atoms. The maximum atomic E-state index is 10.4. The van der Waals surface area contributed by atoms with Crippen LogP contribution in [0.4, 0.5) is 0 Å². The fourth-order valence-electron chi connectivity index (χ4n) is 0.495. The molecule has 1 aliphatic rings. The van der Waals surface area contributed by atoms with E-state index < -0.39 is 0 Å². The Labute approximate surface area is 42.3 Å². The number of hydrogen-bond donors (Lipinski definition) is 0. The molecule has 1 saturated heterocycles. The van der Waals surface area contributed by atoms with Crippen LogP contribution in [0.15, 0.2) is 0 Å². The van der Waals surface area contributed by atoms with Gasteiger partial charge in [-0.15, -0.1) is 0 Å². The van der Waals surface area contributed by atoms with Gasteiger partial charge < -0.3 is 4.90 Å². The fourth-order valence-corrected chi connectivity index (χ4v) is 0.495. The van der Waals surface area contributed by atoms with Crippen molar-refractivity contribution in [1.82, 2.24) is 10.2 Å². The zero-order valence-electron chi connectivity index (χ0n) is 4.22. The Hall–Kier alpha value is -0.570. The van der Waals surface area contributed by atoms with Crippen LogP contribution in [-0.2, 0) is 4.79 Å². The second-order valence-electron chi connectivity index (χ2n) is 1.61. The molecule has 3 nitrogen and oxygen atoms in total. The minimum Gasteiger partial charge on any atom is -0.330 e. The smallest absolute Gasteiger partial charge is 0.239 e. The van der Waals surface area contributed by atoms with Crippen LogP contribution in [0.3, 0.4) is 0 Å². The lowest BCUT2D eigenvalue weighted by Crippen LogP contribution is -2.19. The maximum absolute atomic E-state index is 10.4. The lowest BCUT2D eigenvalue weighted by atomic mass is 10.6. The zero-order valence-corrected chi connectivity index (χ0v) is 4.22. The monoisotopic (exact) mass is 99.1 g/mol. The molecule has 1 rings (SSSR count). The van der Waals surface area contributed by atoms with Gasteiger partial charge >= 0.3 is 0 Å². The normalized spacial score (nSPS) is 21.3. The summed E-state index contributed by atoms with van der Waals surface area (Å²) in [5.74, 6) is 0.125. The summed E-state index contributed by atoms with van der Waals surface area (Å²) in [7, 11) is 1.75. The van der Waals surface area contributed by atoms with Crippen molar-refractivity contribution in [3.8, 4) is 0 Å². The highest BCUT2D eigenvalue weighted by Gasteiger charge is 2.14. The molecule has 0 aromatic heterocycles. The van der Waals surface area contributed by atoms with E-state index in [1.54, 1.807) is 11.9 Å². The van der Waals surface area contributed by atoms with Crippen molar-refractivity contribution < 1.29 is 4.79 Å². The lowest BCUT2D eigenvalue weighted by molar-refractivity contribution is -0.125. The second kappa shape index (κ2) is 1.50. The summed E-state index contributed by atoms with van der Waals surface area (Å²) in [4.78, 5) is 12.0. The number of rotatable bonds is 0. The van der Waals surface area contributed by atoms with E-state index in [1.807, 2.05) is 0 Å². The number of amides is 1. The summed E-state index contributed by atoms with van der Waals surface area (Å²) < 4.78 is 0. The summed E-state index contributed by atoms with van der Waals surface area (Å²) in [5, 5.41) is 3.82. The van der Waals surface area contributed by atoms with Gasteiger partial charge in [0.2, 0.25) is 5.91 Å². The van der Waals surface area contributed by atoms with Crippen LogP contribution >= 0.6 is 0 Å². The van der Waals surface area contributed by atoms with E-state index in [0.717, 1.165) is 0 Å². The Morgan fingerprint density at radius 2 is 2.57 bits per heavy atom. The number of carbonyl (C=O) groups is 1. The molecule has 0 unspecified atom stereocenters. The zero-order chi connectivity index (χ0) is 5.28. The van der Waals surface area contributed by atoms with Gasteiger partial charge in [-0.2, -0.15) is 0 Å². The summed E-state index contributed by atoms with van der Waals surface area (Å²) in [6, 6.07) is 0. The summed E-state index contributed by atoms with van der Waals surface area (Å²) in [6.07, 6.45) is 0. The van der Waals surface area contributed by atoms with Crippen molar-refractivity contribution in [2.45, 2.75) is 0 Å². The first-order valence-corrected chi connectivity index (χ1v) is 2.18. The minimum absolute atomic E-state index is 0.125. The Balaban J connectivity index is 2.48. The molecule has 0 aliphatic carbocycles. The van der Waals surface area contributed by atoms with Crippen LogP contribution in [-0.4, -0.2) is 31.1 Å². The maximum Gasteiger partial charge on any atom is 0.239 e. The molecule has 7 heavy (non-hydrogen) atoms. The fraction of sp³-hybridized carbons (Fsp3) is 0.750. The standard InChI is InChI=1S/C4H7N2O/c1-6-3-5-2-4(6)7/h2-3H2,1H3. The number of hydrogen-bond acceptors (Lipinski definition) is 1. The van der Waals surface area contributed by atoms with E-state index in [4.69, 9.17) is 0 Å². The number of likely N-dealkylation sites (N-methyl/N-ethyl adjacent to an activating group) is 1. The van der Waals surface area contributed by atoms with Crippen molar-refractivity contribution in [1.29, 1.82) is 0 Å². The summed E-state index contributed by atoms with van der Waals surface area (Å²) in [6.45, 7) is 0.968. The molecular weight excluding hydrogens is 92.1 g/mol. The quantitative estimate of drug-likeness (QED) is 0.384. The highest BCUT2D eigenvalue weighted by molar-refractivity contribution is 5.79. The van der Waals surface area contributed by atoms with Crippen LogP contribution in [0.2, 0.25) is 0 Å². The van der Waals surface area contributed by atoms with Crippen molar-refractivity contribution in [3.05, 3.63) is 0 Å². The molecule has 1 amide bonds. The van der Waals surface area contributed by atoms with E-state index in [1.165, 1.54) is 0 Å². The third-order valence-corrected chi connectivity index (χ3v) is 0.985. The van der Waals surface area contributed by atoms with Crippen LogP contribution in [0, 0.1) is 0 Å². The first-order valence-electron chi connectivity index (χ1n) is 2.18. The van der Waals surface area contributed by atoms with Crippen molar-refractivity contribution in [3.63, 3.8) is 0 Å². The first-order chi connectivity index (χ1) is 3.30. The van der Waals surface area contributed by atoms with Crippen molar-refractivity contribution in [2.75, 3.05) is 20.3 Å². The van der Waals surface area contributed by atoms with E-state index in [2.05, 4.69) is 5.32 Å². The third kappa shape index (κ3) is 0.718. The van der Waals surface area contributed by atoms with Gasteiger partial charge in [-0.3, -0.25) is 4.79 Å². The molecule has 39 valence electrons. The van der Waals surface area contributed by atoms with Crippen molar-refractivity contribution >= 4 is 5.91 Å². The van der Waals surface area contributed by atoms with E-state index in [9.17, 15) is 4.79 Å². The Morgan fingerprint density at radius 1 is 1.86 bits per heavy atom. The molecule has 0 saturated carbocycles. The second-order valence-corrected chi connectivity index (χ2v) is 1.61. The molecule has 1 fully saturated rings. The van der Waals surface area contributed by atoms with E-state index in [0.29, 0.717) is 13.2 Å². The molecule has 0 N–H and O–H groups in total. The Kier molecular flexibility index (Phi) is 0.982. The van der Waals surface area contributed by atoms with Crippen LogP contribution in [0.1, 0.15) is 0 Å². The molecule has 1 radical (unpaired) electrons. The van der Waals surface area contributed by atoms with Crippen LogP contribution in [0.25, 0.3) is 0 Å². The van der Waals surface area contributed by atoms with Crippen LogP contribution in [0.5, 0.6) is 0 Å². The van der Waals surface area contributed by atoms with Gasteiger partial charge in [-0.25, -0.2) is 5.32 Å². The Bertz CT molecular complexity index is 91.7. The van der Waals surface area contributed by atoms with Gasteiger partial charge in [0.25, 0.3) is 0 Å². The lowest BCUT2D eigenvalue weighted by Gasteiger charge is -2.01. The van der Waals surface area contributed by atoms with Gasteiger partial charge in [-0.1, -0.05) is 0 Å². The largest absolute Gasteiger partial charge is 0.330 e. The minimum atomic E-state index is 0.125. The van der Waals surface area contributed by atoms with Gasteiger partial charge in [0.1, 0.15) is 0 Å². The first kappa shape index (κ1) is 4.59. The number of carbonyl (C=O) groups excluding carboxylic acids is 1. The van der Waals surface area contributed by atoms with Gasteiger partial charge in [0.15, 0.2) is 0 Å². The van der Waals surface area contributed by atoms with Crippen molar-refractivity contribution in [2.24, 2.45) is 0 Å². The molecule has 1 aliphatic heterocycles. The molecule has 3 heteroatoms. The highest BCUT2D eigenvalue weighted by Crippen LogP contribution is 1.88. The van der Waals surface area contributed by atoms with Gasteiger partial charge in [0.05, 0.1) is 13.2 Å².